The van der Waals surface area contributed by atoms with Crippen molar-refractivity contribution in [1.29, 1.82) is 0 Å². The maximum absolute atomic E-state index is 2.16. The number of hydrogen-bond acceptors (Lipinski definition) is 0. The Morgan fingerprint density at radius 3 is 1.60 bits per heavy atom. The van der Waals surface area contributed by atoms with E-state index in [1.165, 1.54) is 16.7 Å². The summed E-state index contributed by atoms with van der Waals surface area (Å²) < 4.78 is 0. The van der Waals surface area contributed by atoms with Gasteiger partial charge in [0.25, 0.3) is 0 Å². The van der Waals surface area contributed by atoms with Crippen LogP contribution in [-0.2, 0) is 0 Å². The molecule has 0 bridgehead atoms. The molecule has 0 aliphatic heterocycles. The molecule has 0 nitrogen and oxygen atoms in total. The molecular formula is C15H26. The van der Waals surface area contributed by atoms with E-state index in [9.17, 15) is 0 Å². The molecule has 0 saturated carbocycles. The number of rotatable bonds is 1. The average Bonchev–Trinajstić information content (AvgIpc) is 2.29. The Morgan fingerprint density at radius 2 is 1.27 bits per heavy atom. The van der Waals surface area contributed by atoms with Crippen molar-refractivity contribution in [3.05, 3.63) is 41.0 Å². The van der Waals surface area contributed by atoms with E-state index < -0.39 is 0 Å². The highest BCUT2D eigenvalue weighted by Gasteiger charge is 1.95. The van der Waals surface area contributed by atoms with Gasteiger partial charge in [-0.05, 0) is 37.5 Å². The molecule has 1 rings (SSSR count). The van der Waals surface area contributed by atoms with Crippen LogP contribution >= 0.6 is 0 Å². The molecule has 0 saturated heterocycles. The highest BCUT2D eigenvalue weighted by atomic mass is 14.0. The molecule has 0 amide bonds. The second kappa shape index (κ2) is 11.0. The van der Waals surface area contributed by atoms with Crippen molar-refractivity contribution in [2.75, 3.05) is 0 Å². The minimum atomic E-state index is 1.35. The Morgan fingerprint density at radius 1 is 0.867 bits per heavy atom. The van der Waals surface area contributed by atoms with E-state index in [0.29, 0.717) is 0 Å². The molecule has 0 spiro atoms. The molecule has 0 heterocycles. The minimum absolute atomic E-state index is 1.35. The summed E-state index contributed by atoms with van der Waals surface area (Å²) in [6.07, 6.45) is 4.24. The summed E-state index contributed by atoms with van der Waals surface area (Å²) in [7, 11) is 0. The van der Waals surface area contributed by atoms with Crippen LogP contribution in [0.3, 0.4) is 0 Å². The van der Waals surface area contributed by atoms with E-state index in [2.05, 4.69) is 44.2 Å². The molecule has 0 aromatic heterocycles. The molecule has 0 atom stereocenters. The summed E-state index contributed by atoms with van der Waals surface area (Å²) in [5.41, 5.74) is 4.06. The van der Waals surface area contributed by atoms with Crippen LogP contribution in [0.4, 0.5) is 0 Å². The highest BCUT2D eigenvalue weighted by Crippen LogP contribution is 2.14. The minimum Gasteiger partial charge on any atom is -0.0870 e. The fraction of sp³-hybridized carbons (Fsp3) is 0.467. The molecule has 86 valence electrons. The number of allylic oxidation sites excluding steroid dienone is 1. The first-order valence-corrected chi connectivity index (χ1v) is 5.94. The van der Waals surface area contributed by atoms with Gasteiger partial charge in [0.05, 0.1) is 0 Å². The summed E-state index contributed by atoms with van der Waals surface area (Å²) in [5, 5.41) is 0. The molecule has 15 heavy (non-hydrogen) atoms. The van der Waals surface area contributed by atoms with E-state index in [0.717, 1.165) is 0 Å². The van der Waals surface area contributed by atoms with Crippen LogP contribution in [0.25, 0.3) is 6.08 Å². The van der Waals surface area contributed by atoms with Gasteiger partial charge in [-0.25, -0.2) is 0 Å². The molecule has 0 radical (unpaired) electrons. The van der Waals surface area contributed by atoms with Crippen LogP contribution in [-0.4, -0.2) is 0 Å². The quantitative estimate of drug-likeness (QED) is 0.578. The molecule has 1 aromatic carbocycles. The van der Waals surface area contributed by atoms with Crippen molar-refractivity contribution in [1.82, 2.24) is 0 Å². The standard InChI is InChI=1S/C11H14.2C2H6/c1-4-6-11-9(2)7-5-8-10(11)3;2*1-2/h4-8H,1-3H3;2*1-2H3/b6-4-;;. The zero-order valence-corrected chi connectivity index (χ0v) is 11.4. The van der Waals surface area contributed by atoms with Gasteiger partial charge in [0.1, 0.15) is 0 Å². The largest absolute Gasteiger partial charge is 0.0870 e. The van der Waals surface area contributed by atoms with Crippen LogP contribution in [0.15, 0.2) is 24.3 Å². The van der Waals surface area contributed by atoms with E-state index in [1.54, 1.807) is 0 Å². The third kappa shape index (κ3) is 6.11. The van der Waals surface area contributed by atoms with E-state index in [1.807, 2.05) is 34.6 Å². The lowest BCUT2D eigenvalue weighted by Gasteiger charge is -2.02. The fourth-order valence-electron chi connectivity index (χ4n) is 1.26. The maximum atomic E-state index is 2.16. The lowest BCUT2D eigenvalue weighted by Crippen LogP contribution is -1.83. The van der Waals surface area contributed by atoms with Gasteiger partial charge in [-0.3, -0.25) is 0 Å². The van der Waals surface area contributed by atoms with Crippen molar-refractivity contribution in [2.24, 2.45) is 0 Å². The van der Waals surface area contributed by atoms with Gasteiger partial charge in [0.2, 0.25) is 0 Å². The first kappa shape index (κ1) is 16.4. The SMILES string of the molecule is C/C=C\c1c(C)cccc1C.CC.CC. The van der Waals surface area contributed by atoms with Gasteiger partial charge in [-0.1, -0.05) is 58.0 Å². The Kier molecular flexibility index (Phi) is 12.1. The van der Waals surface area contributed by atoms with Crippen LogP contribution < -0.4 is 0 Å². The van der Waals surface area contributed by atoms with Crippen LogP contribution in [0.1, 0.15) is 51.3 Å². The second-order valence-corrected chi connectivity index (χ2v) is 2.81. The van der Waals surface area contributed by atoms with Gasteiger partial charge in [0.15, 0.2) is 0 Å². The van der Waals surface area contributed by atoms with Crippen LogP contribution in [0.5, 0.6) is 0 Å². The molecule has 0 heteroatoms. The molecule has 0 fully saturated rings. The lowest BCUT2D eigenvalue weighted by molar-refractivity contribution is 1.35. The molecule has 1 aromatic rings. The van der Waals surface area contributed by atoms with Gasteiger partial charge >= 0.3 is 0 Å². The topological polar surface area (TPSA) is 0 Å². The van der Waals surface area contributed by atoms with Crippen molar-refractivity contribution in [3.8, 4) is 0 Å². The van der Waals surface area contributed by atoms with Gasteiger partial charge in [0, 0.05) is 0 Å². The average molecular weight is 206 g/mol. The normalized spacial score (nSPS) is 8.73. The van der Waals surface area contributed by atoms with Crippen LogP contribution in [0, 0.1) is 13.8 Å². The predicted molar refractivity (Wildman–Crippen MR) is 73.3 cm³/mol. The van der Waals surface area contributed by atoms with E-state index in [4.69, 9.17) is 0 Å². The number of aryl methyl sites for hydroxylation is 2. The van der Waals surface area contributed by atoms with E-state index in [-0.39, 0.29) is 0 Å². The van der Waals surface area contributed by atoms with Crippen LogP contribution in [0.2, 0.25) is 0 Å². The number of benzene rings is 1. The Hall–Kier alpha value is -1.04. The smallest absolute Gasteiger partial charge is 0.0201 e. The molecule has 0 N–H and O–H groups in total. The third-order valence-electron chi connectivity index (χ3n) is 1.88. The summed E-state index contributed by atoms with van der Waals surface area (Å²) in [5.74, 6) is 0. The summed E-state index contributed by atoms with van der Waals surface area (Å²) in [4.78, 5) is 0. The highest BCUT2D eigenvalue weighted by molar-refractivity contribution is 5.57. The van der Waals surface area contributed by atoms with E-state index >= 15 is 0 Å². The summed E-state index contributed by atoms with van der Waals surface area (Å²) >= 11 is 0. The van der Waals surface area contributed by atoms with Crippen molar-refractivity contribution < 1.29 is 0 Å². The molecule has 0 aliphatic rings. The third-order valence-corrected chi connectivity index (χ3v) is 1.88. The monoisotopic (exact) mass is 206 g/mol. The maximum Gasteiger partial charge on any atom is -0.0201 e. The zero-order valence-electron chi connectivity index (χ0n) is 11.4. The van der Waals surface area contributed by atoms with Crippen molar-refractivity contribution >= 4 is 6.08 Å². The lowest BCUT2D eigenvalue weighted by atomic mass is 10.0. The zero-order chi connectivity index (χ0) is 12.3. The Bertz CT molecular complexity index is 249. The summed E-state index contributed by atoms with van der Waals surface area (Å²) in [6.45, 7) is 14.3. The molecular weight excluding hydrogens is 180 g/mol. The van der Waals surface area contributed by atoms with Gasteiger partial charge < -0.3 is 0 Å². The Labute approximate surface area is 96.0 Å². The molecule has 0 aliphatic carbocycles. The summed E-state index contributed by atoms with van der Waals surface area (Å²) in [6, 6.07) is 6.38. The molecule has 0 unspecified atom stereocenters. The first-order chi connectivity index (χ1) is 7.25. The van der Waals surface area contributed by atoms with Crippen molar-refractivity contribution in [2.45, 2.75) is 48.5 Å². The van der Waals surface area contributed by atoms with Crippen molar-refractivity contribution in [3.63, 3.8) is 0 Å². The predicted octanol–water partition coefficient (Wildman–Crippen LogP) is 5.39. The van der Waals surface area contributed by atoms with Gasteiger partial charge in [-0.15, -0.1) is 0 Å². The second-order valence-electron chi connectivity index (χ2n) is 2.81. The Balaban J connectivity index is 0. The first-order valence-electron chi connectivity index (χ1n) is 5.94. The number of hydrogen-bond donors (Lipinski definition) is 0. The fourth-order valence-corrected chi connectivity index (χ4v) is 1.26. The van der Waals surface area contributed by atoms with Gasteiger partial charge in [-0.2, -0.15) is 0 Å².